The number of carbonyl (C=O) groups excluding carboxylic acids is 1. The molecule has 0 amide bonds. The lowest BCUT2D eigenvalue weighted by Crippen LogP contribution is -2.67. The van der Waals surface area contributed by atoms with Crippen molar-refractivity contribution < 1.29 is 24.5 Å². The highest BCUT2D eigenvalue weighted by molar-refractivity contribution is 8.01. The summed E-state index contributed by atoms with van der Waals surface area (Å²) in [6.07, 6.45) is 12.5. The molecule has 47 heavy (non-hydrogen) atoms. The van der Waals surface area contributed by atoms with Crippen LogP contribution in [0.1, 0.15) is 76.1 Å². The molecule has 2 aromatic carbocycles. The van der Waals surface area contributed by atoms with E-state index >= 15 is 0 Å². The smallest absolute Gasteiger partial charge is 0.189 e. The van der Waals surface area contributed by atoms with Crippen molar-refractivity contribution in [1.82, 2.24) is 4.98 Å². The monoisotopic (exact) mass is 671 g/mol. The second kappa shape index (κ2) is 10.9. The van der Waals surface area contributed by atoms with Crippen molar-refractivity contribution in [3.8, 4) is 11.5 Å². The summed E-state index contributed by atoms with van der Waals surface area (Å²) in [5, 5.41) is 23.7. The van der Waals surface area contributed by atoms with Gasteiger partial charge in [-0.3, -0.25) is 4.79 Å². The first-order valence-electron chi connectivity index (χ1n) is 17.2. The van der Waals surface area contributed by atoms with Gasteiger partial charge in [-0.25, -0.2) is 4.98 Å². The van der Waals surface area contributed by atoms with Crippen molar-refractivity contribution >= 4 is 39.1 Å². The highest BCUT2D eigenvalue weighted by Crippen LogP contribution is 2.78. The number of ether oxygens (including phenoxy) is 2. The molecule has 8 atom stereocenters. The summed E-state index contributed by atoms with van der Waals surface area (Å²) >= 11 is 3.32. The summed E-state index contributed by atoms with van der Waals surface area (Å²) in [6.45, 7) is 7.34. The van der Waals surface area contributed by atoms with E-state index in [1.54, 1.807) is 30.2 Å². The van der Waals surface area contributed by atoms with Crippen LogP contribution in [-0.2, 0) is 0 Å². The van der Waals surface area contributed by atoms with E-state index in [0.717, 1.165) is 63.7 Å². The molecule has 0 radical (unpaired) electrons. The normalized spacial score (nSPS) is 38.4. The number of aliphatic hydroxyl groups excluding tert-OH is 1. The van der Waals surface area contributed by atoms with E-state index in [9.17, 15) is 15.0 Å². The Kier molecular flexibility index (Phi) is 7.35. The van der Waals surface area contributed by atoms with Gasteiger partial charge in [0.1, 0.15) is 11.5 Å². The first-order valence-corrected chi connectivity index (χ1v) is 19.0. The van der Waals surface area contributed by atoms with Crippen molar-refractivity contribution in [2.45, 2.75) is 81.8 Å². The minimum absolute atomic E-state index is 0.0528. The van der Waals surface area contributed by atoms with Crippen LogP contribution >= 0.6 is 23.1 Å². The zero-order chi connectivity index (χ0) is 32.8. The summed E-state index contributed by atoms with van der Waals surface area (Å²) in [7, 11) is 1.64. The average molecular weight is 672 g/mol. The van der Waals surface area contributed by atoms with Crippen molar-refractivity contribution in [3.63, 3.8) is 0 Å². The number of carbonyl (C=O) groups is 1. The standard InChI is InChI=1S/C39H45NO5S2/c1-5-45-27-10-11-29-30(20-27)47-34(40-29)46-23-38(43)17-14-32-36(38,3)16-13-31-35(2)15-12-25(41)21-37(35)18-19-39(31,32)28(22-37)33(42)24-6-8-26(44-4)9-7-24/h6-11,18-20,22,25,31-32,41,43H,5,12-17,21,23H2,1-4H3/t25?,31-,32-,35-,36+,37+,38-,39-/m1/s1. The number of ketones is 1. The molecular weight excluding hydrogens is 627 g/mol. The van der Waals surface area contributed by atoms with E-state index in [1.807, 2.05) is 43.3 Å². The third-order valence-electron chi connectivity index (χ3n) is 13.4. The van der Waals surface area contributed by atoms with Gasteiger partial charge in [-0.15, -0.1) is 11.3 Å². The number of thiazole rings is 1. The molecule has 6 aliphatic carbocycles. The topological polar surface area (TPSA) is 88.9 Å². The van der Waals surface area contributed by atoms with Crippen molar-refractivity contribution in [2.75, 3.05) is 19.5 Å². The summed E-state index contributed by atoms with van der Waals surface area (Å²) in [5.74, 6) is 2.61. The maximum Gasteiger partial charge on any atom is 0.189 e. The first kappa shape index (κ1) is 31.6. The molecule has 3 fully saturated rings. The Hall–Kier alpha value is -2.65. The molecule has 0 aliphatic heterocycles. The van der Waals surface area contributed by atoms with Crippen LogP contribution in [-0.4, -0.2) is 52.2 Å². The number of methoxy groups -OCH3 is 1. The predicted octanol–water partition coefficient (Wildman–Crippen LogP) is 8.27. The molecule has 6 aliphatic rings. The fourth-order valence-electron chi connectivity index (χ4n) is 10.9. The van der Waals surface area contributed by atoms with Crippen LogP contribution in [0.25, 0.3) is 10.2 Å². The van der Waals surface area contributed by atoms with Crippen molar-refractivity contribution in [3.05, 3.63) is 71.8 Å². The van der Waals surface area contributed by atoms with Crippen LogP contribution < -0.4 is 9.47 Å². The molecule has 3 aromatic rings. The van der Waals surface area contributed by atoms with Gasteiger partial charge in [-0.2, -0.15) is 0 Å². The number of thioether (sulfide) groups is 1. The second-order valence-electron chi connectivity index (χ2n) is 15.2. The molecular formula is C39H45NO5S2. The van der Waals surface area contributed by atoms with E-state index in [2.05, 4.69) is 38.1 Å². The summed E-state index contributed by atoms with van der Waals surface area (Å²) < 4.78 is 13.2. The Morgan fingerprint density at radius 1 is 1.00 bits per heavy atom. The SMILES string of the molecule is CCOc1ccc2nc(SC[C@]3(O)CC[C@H]4[C@]56C=C[C@@]7(C=C5C(=O)c5ccc(OC)cc5)CC(O)CC[C@]7(C)[C@H]6CC[C@@]43C)sc2c1. The fraction of sp³-hybridized carbons (Fsp3) is 0.538. The molecule has 2 bridgehead atoms. The number of allylic oxidation sites excluding steroid dienone is 4. The average Bonchev–Trinajstić information content (AvgIpc) is 3.60. The van der Waals surface area contributed by atoms with Gasteiger partial charge in [0, 0.05) is 33.1 Å². The Morgan fingerprint density at radius 3 is 2.49 bits per heavy atom. The maximum atomic E-state index is 14.7. The highest BCUT2D eigenvalue weighted by Gasteiger charge is 2.74. The van der Waals surface area contributed by atoms with E-state index in [-0.39, 0.29) is 40.0 Å². The van der Waals surface area contributed by atoms with Gasteiger partial charge in [-0.05, 0) is 112 Å². The van der Waals surface area contributed by atoms with Gasteiger partial charge < -0.3 is 19.7 Å². The van der Waals surface area contributed by atoms with Gasteiger partial charge in [0.05, 0.1) is 35.6 Å². The van der Waals surface area contributed by atoms with Gasteiger partial charge in [-0.1, -0.05) is 43.8 Å². The third-order valence-corrected chi connectivity index (χ3v) is 15.8. The van der Waals surface area contributed by atoms with E-state index in [4.69, 9.17) is 14.5 Å². The molecule has 3 saturated carbocycles. The quantitative estimate of drug-likeness (QED) is 0.142. The second-order valence-corrected chi connectivity index (χ2v) is 17.5. The van der Waals surface area contributed by atoms with Gasteiger partial charge in [0.25, 0.3) is 0 Å². The van der Waals surface area contributed by atoms with Crippen LogP contribution in [0, 0.1) is 33.5 Å². The number of rotatable bonds is 8. The van der Waals surface area contributed by atoms with Crippen LogP contribution in [0.4, 0.5) is 0 Å². The van der Waals surface area contributed by atoms with Crippen molar-refractivity contribution in [1.29, 1.82) is 0 Å². The Labute approximate surface area is 285 Å². The van der Waals surface area contributed by atoms with Gasteiger partial charge >= 0.3 is 0 Å². The van der Waals surface area contributed by atoms with Gasteiger partial charge in [0.15, 0.2) is 10.1 Å². The lowest BCUT2D eigenvalue weighted by Gasteiger charge is -2.71. The number of hydrogen-bond acceptors (Lipinski definition) is 8. The molecule has 9 rings (SSSR count). The number of benzene rings is 2. The maximum absolute atomic E-state index is 14.7. The summed E-state index contributed by atoms with van der Waals surface area (Å²) in [6, 6.07) is 13.5. The Balaban J connectivity index is 1.16. The van der Waals surface area contributed by atoms with Gasteiger partial charge in [0.2, 0.25) is 0 Å². The first-order chi connectivity index (χ1) is 22.5. The van der Waals surface area contributed by atoms with E-state index < -0.39 is 11.0 Å². The molecule has 1 unspecified atom stereocenters. The van der Waals surface area contributed by atoms with Crippen LogP contribution in [0.15, 0.2) is 70.6 Å². The number of aromatic nitrogens is 1. The molecule has 2 N–H and O–H groups in total. The number of fused-ring (bicyclic) bond motifs is 2. The molecule has 8 heteroatoms. The largest absolute Gasteiger partial charge is 0.497 e. The zero-order valence-electron chi connectivity index (χ0n) is 27.8. The Bertz CT molecular complexity index is 1800. The lowest BCUT2D eigenvalue weighted by molar-refractivity contribution is -0.166. The number of aliphatic hydroxyl groups is 2. The van der Waals surface area contributed by atoms with Crippen LogP contribution in [0.3, 0.4) is 0 Å². The van der Waals surface area contributed by atoms with Crippen molar-refractivity contribution in [2.24, 2.45) is 33.5 Å². The highest BCUT2D eigenvalue weighted by atomic mass is 32.2. The molecule has 2 spiro atoms. The third kappa shape index (κ3) is 4.36. The number of hydrogen-bond donors (Lipinski definition) is 2. The predicted molar refractivity (Wildman–Crippen MR) is 187 cm³/mol. The molecule has 6 nitrogen and oxygen atoms in total. The minimum Gasteiger partial charge on any atom is -0.497 e. The number of Topliss-reactive ketones (excluding diaryl/α,β-unsaturated/α-hetero) is 1. The molecule has 1 heterocycles. The summed E-state index contributed by atoms with van der Waals surface area (Å²) in [4.78, 5) is 19.6. The summed E-state index contributed by atoms with van der Waals surface area (Å²) in [5.41, 5.74) is 0.368. The molecule has 0 saturated heterocycles. The Morgan fingerprint density at radius 2 is 1.72 bits per heavy atom. The van der Waals surface area contributed by atoms with E-state index in [0.29, 0.717) is 30.8 Å². The fourth-order valence-corrected chi connectivity index (χ4v) is 13.3. The molecule has 248 valence electrons. The van der Waals surface area contributed by atoms with E-state index in [1.165, 1.54) is 0 Å². The lowest BCUT2D eigenvalue weighted by atomic mass is 9.32. The van der Waals surface area contributed by atoms with Crippen LogP contribution in [0.5, 0.6) is 11.5 Å². The van der Waals surface area contributed by atoms with Crippen LogP contribution in [0.2, 0.25) is 0 Å². The number of nitrogens with zero attached hydrogens (tertiary/aromatic N) is 1. The zero-order valence-corrected chi connectivity index (χ0v) is 29.4. The molecule has 1 aromatic heterocycles. The minimum atomic E-state index is -0.895.